The summed E-state index contributed by atoms with van der Waals surface area (Å²) in [5.74, 6) is 0.00156. The highest BCUT2D eigenvalue weighted by Crippen LogP contribution is 2.40. The van der Waals surface area contributed by atoms with Crippen molar-refractivity contribution in [2.45, 2.75) is 26.3 Å². The number of nitrogens with one attached hydrogen (secondary N) is 1. The van der Waals surface area contributed by atoms with Gasteiger partial charge in [-0.15, -0.1) is 0 Å². The molecule has 0 saturated carbocycles. The first-order valence-electron chi connectivity index (χ1n) is 11.3. The highest BCUT2D eigenvalue weighted by Gasteiger charge is 2.29. The molecule has 33 heavy (non-hydrogen) atoms. The largest absolute Gasteiger partial charge is 0.493 e. The fourth-order valence-electron chi connectivity index (χ4n) is 4.51. The molecule has 2 N–H and O–H groups in total. The van der Waals surface area contributed by atoms with Crippen molar-refractivity contribution in [2.75, 3.05) is 20.2 Å². The summed E-state index contributed by atoms with van der Waals surface area (Å²) in [4.78, 5) is 13.5. The van der Waals surface area contributed by atoms with E-state index in [9.17, 15) is 9.90 Å². The van der Waals surface area contributed by atoms with E-state index in [4.69, 9.17) is 4.74 Å². The van der Waals surface area contributed by atoms with Gasteiger partial charge in [0.2, 0.25) is 0 Å². The van der Waals surface area contributed by atoms with Crippen LogP contribution < -0.4 is 10.1 Å². The molecule has 1 heterocycles. The number of hydrogen-bond donors (Lipinski definition) is 2. The van der Waals surface area contributed by atoms with E-state index in [0.29, 0.717) is 6.61 Å². The molecule has 4 rings (SSSR count). The van der Waals surface area contributed by atoms with E-state index in [1.807, 2.05) is 25.1 Å². The molecular weight excluding hydrogens is 412 g/mol. The molecule has 0 amide bonds. The van der Waals surface area contributed by atoms with Gasteiger partial charge in [-0.1, -0.05) is 60.7 Å². The number of fused-ring (bicyclic) bond motifs is 1. The zero-order chi connectivity index (χ0) is 23.4. The summed E-state index contributed by atoms with van der Waals surface area (Å²) in [5.41, 5.74) is 7.51. The maximum Gasteiger partial charge on any atom is 0.322 e. The second-order valence-electron chi connectivity index (χ2n) is 8.22. The van der Waals surface area contributed by atoms with Crippen molar-refractivity contribution in [3.8, 4) is 16.9 Å². The van der Waals surface area contributed by atoms with Crippen molar-refractivity contribution in [3.05, 3.63) is 101 Å². The molecule has 0 fully saturated rings. The van der Waals surface area contributed by atoms with Crippen molar-refractivity contribution in [1.82, 2.24) is 10.2 Å². The number of hydrogen-bond acceptors (Lipinski definition) is 4. The number of aliphatic carboxylic acids is 1. The lowest BCUT2D eigenvalue weighted by molar-refractivity contribution is -0.135. The quantitative estimate of drug-likeness (QED) is 0.596. The van der Waals surface area contributed by atoms with Crippen molar-refractivity contribution < 1.29 is 14.6 Å². The van der Waals surface area contributed by atoms with Crippen molar-refractivity contribution in [2.24, 2.45) is 0 Å². The maximum atomic E-state index is 11.2. The third kappa shape index (κ3) is 4.72. The molecule has 0 saturated heterocycles. The van der Waals surface area contributed by atoms with Gasteiger partial charge in [0.15, 0.2) is 0 Å². The molecule has 2 aromatic carbocycles. The highest BCUT2D eigenvalue weighted by molar-refractivity contribution is 5.71. The Morgan fingerprint density at radius 2 is 1.94 bits per heavy atom. The number of likely N-dealkylation sites (N-methyl/N-ethyl adjacent to an activating group) is 1. The van der Waals surface area contributed by atoms with E-state index < -0.39 is 5.97 Å². The highest BCUT2D eigenvalue weighted by atomic mass is 16.5. The standard InChI is InChI=1S/C28H30N2O3/c1-4-33-26-12-8-7-10-22(26)20-13-15-21(16-14-20)25-17-24(29-18-27(31)32)23-11-6-5-9-19(2)28(23)30(25)3/h5,7-17,25,29H,4,6,18H2,1-3H3,(H,31,32). The van der Waals surface area contributed by atoms with Gasteiger partial charge in [0.05, 0.1) is 12.6 Å². The summed E-state index contributed by atoms with van der Waals surface area (Å²) in [7, 11) is 2.10. The summed E-state index contributed by atoms with van der Waals surface area (Å²) < 4.78 is 5.81. The van der Waals surface area contributed by atoms with E-state index in [1.165, 1.54) is 0 Å². The molecule has 1 aliphatic heterocycles. The van der Waals surface area contributed by atoms with Crippen molar-refractivity contribution >= 4 is 5.97 Å². The summed E-state index contributed by atoms with van der Waals surface area (Å²) in [5, 5.41) is 12.4. The van der Waals surface area contributed by atoms with E-state index in [1.54, 1.807) is 0 Å². The number of para-hydroxylation sites is 1. The fourth-order valence-corrected chi connectivity index (χ4v) is 4.51. The van der Waals surface area contributed by atoms with Gasteiger partial charge in [0.1, 0.15) is 12.3 Å². The lowest BCUT2D eigenvalue weighted by Crippen LogP contribution is -2.34. The number of ether oxygens (including phenoxy) is 1. The molecule has 170 valence electrons. The van der Waals surface area contributed by atoms with E-state index >= 15 is 0 Å². The summed E-state index contributed by atoms with van der Waals surface area (Å²) in [6.45, 7) is 4.60. The number of carboxylic acids is 1. The van der Waals surface area contributed by atoms with E-state index in [2.05, 4.69) is 78.8 Å². The van der Waals surface area contributed by atoms with Crippen LogP contribution >= 0.6 is 0 Å². The summed E-state index contributed by atoms with van der Waals surface area (Å²) >= 11 is 0. The number of nitrogens with zero attached hydrogens (tertiary/aromatic N) is 1. The zero-order valence-corrected chi connectivity index (χ0v) is 19.3. The summed E-state index contributed by atoms with van der Waals surface area (Å²) in [6, 6.07) is 16.6. The van der Waals surface area contributed by atoms with E-state index in [0.717, 1.165) is 51.4 Å². The Morgan fingerprint density at radius 1 is 1.18 bits per heavy atom. The maximum absolute atomic E-state index is 11.2. The van der Waals surface area contributed by atoms with Crippen LogP contribution in [0, 0.1) is 0 Å². The summed E-state index contributed by atoms with van der Waals surface area (Å²) in [6.07, 6.45) is 9.37. The molecule has 0 aromatic heterocycles. The Labute approximate surface area is 195 Å². The van der Waals surface area contributed by atoms with Crippen LogP contribution in [-0.2, 0) is 4.79 Å². The minimum Gasteiger partial charge on any atom is -0.493 e. The smallest absolute Gasteiger partial charge is 0.322 e. The Bertz CT molecular complexity index is 1160. The average Bonchev–Trinajstić information content (AvgIpc) is 3.01. The molecule has 0 spiro atoms. The molecule has 1 unspecified atom stereocenters. The second kappa shape index (κ2) is 9.82. The molecular formula is C28H30N2O3. The normalized spacial score (nSPS) is 17.7. The predicted molar refractivity (Wildman–Crippen MR) is 132 cm³/mol. The van der Waals surface area contributed by atoms with Crippen LogP contribution in [0.2, 0.25) is 0 Å². The van der Waals surface area contributed by atoms with Crippen LogP contribution in [0.25, 0.3) is 11.1 Å². The Balaban J connectivity index is 1.72. The molecule has 0 radical (unpaired) electrons. The number of carbonyl (C=O) groups is 1. The number of benzene rings is 2. The second-order valence-corrected chi connectivity index (χ2v) is 8.22. The van der Waals surface area contributed by atoms with Crippen LogP contribution in [-0.4, -0.2) is 36.2 Å². The minimum atomic E-state index is -0.877. The topological polar surface area (TPSA) is 61.8 Å². The first-order chi connectivity index (χ1) is 16.0. The first kappa shape index (κ1) is 22.5. The van der Waals surface area contributed by atoms with Crippen LogP contribution in [0.5, 0.6) is 5.75 Å². The SMILES string of the molecule is CCOc1ccccc1-c1ccc(C2C=C(NCC(=O)O)C3=CCC=CC(C)=C3N2C)cc1. The molecule has 5 heteroatoms. The van der Waals surface area contributed by atoms with Crippen LogP contribution in [0.3, 0.4) is 0 Å². The van der Waals surface area contributed by atoms with E-state index in [-0.39, 0.29) is 12.6 Å². The van der Waals surface area contributed by atoms with Crippen LogP contribution in [0.1, 0.15) is 31.9 Å². The number of carboxylic acid groups (broad SMARTS) is 1. The molecule has 1 aliphatic carbocycles. The van der Waals surface area contributed by atoms with Gasteiger partial charge >= 0.3 is 5.97 Å². The average molecular weight is 443 g/mol. The molecule has 2 aromatic rings. The molecule has 5 nitrogen and oxygen atoms in total. The number of rotatable bonds is 7. The predicted octanol–water partition coefficient (Wildman–Crippen LogP) is 5.46. The van der Waals surface area contributed by atoms with Gasteiger partial charge in [-0.2, -0.15) is 0 Å². The monoisotopic (exact) mass is 442 g/mol. The number of allylic oxidation sites excluding steroid dienone is 4. The Kier molecular flexibility index (Phi) is 6.68. The Hall–Kier alpha value is -3.73. The fraction of sp³-hybridized carbons (Fsp3) is 0.250. The van der Waals surface area contributed by atoms with Crippen LogP contribution in [0.15, 0.2) is 95.4 Å². The van der Waals surface area contributed by atoms with Crippen molar-refractivity contribution in [3.63, 3.8) is 0 Å². The van der Waals surface area contributed by atoms with Gasteiger partial charge < -0.3 is 20.1 Å². The van der Waals surface area contributed by atoms with Gasteiger partial charge in [-0.3, -0.25) is 4.79 Å². The molecule has 1 atom stereocenters. The van der Waals surface area contributed by atoms with Gasteiger partial charge in [-0.25, -0.2) is 0 Å². The van der Waals surface area contributed by atoms with Crippen molar-refractivity contribution in [1.29, 1.82) is 0 Å². The van der Waals surface area contributed by atoms with Gasteiger partial charge in [-0.05, 0) is 49.1 Å². The minimum absolute atomic E-state index is 0.0221. The third-order valence-corrected chi connectivity index (χ3v) is 6.02. The zero-order valence-electron chi connectivity index (χ0n) is 19.3. The first-order valence-corrected chi connectivity index (χ1v) is 11.3. The third-order valence-electron chi connectivity index (χ3n) is 6.02. The molecule has 0 bridgehead atoms. The Morgan fingerprint density at radius 3 is 2.67 bits per heavy atom. The lowest BCUT2D eigenvalue weighted by atomic mass is 9.91. The van der Waals surface area contributed by atoms with Gasteiger partial charge in [0, 0.05) is 29.6 Å². The lowest BCUT2D eigenvalue weighted by Gasteiger charge is -2.38. The van der Waals surface area contributed by atoms with Crippen LogP contribution in [0.4, 0.5) is 0 Å². The van der Waals surface area contributed by atoms with Gasteiger partial charge in [0.25, 0.3) is 0 Å². The molecule has 2 aliphatic rings.